The Morgan fingerprint density at radius 1 is 1.50 bits per heavy atom. The van der Waals surface area contributed by atoms with Crippen LogP contribution in [0.2, 0.25) is 5.15 Å². The normalized spacial score (nSPS) is 17.4. The lowest BCUT2D eigenvalue weighted by atomic mass is 10.5. The minimum absolute atomic E-state index is 0.0408. The zero-order chi connectivity index (χ0) is 9.97. The number of aliphatic hydroxyl groups excluding tert-OH is 1. The second-order valence-corrected chi connectivity index (χ2v) is 4.39. The maximum Gasteiger partial charge on any atom is 0.187 e. The van der Waals surface area contributed by atoms with Crippen molar-refractivity contribution >= 4 is 28.1 Å². The fraction of sp³-hybridized carbons (Fsp3) is 0.625. The topological polar surface area (TPSA) is 45.6 Å². The first kappa shape index (κ1) is 10.2. The maximum atomic E-state index is 8.97. The van der Waals surface area contributed by atoms with Crippen LogP contribution in [0, 0.1) is 0 Å². The number of aliphatic hydroxyl groups is 1. The smallest absolute Gasteiger partial charge is 0.187 e. The largest absolute Gasteiger partial charge is 0.391 e. The van der Waals surface area contributed by atoms with Crippen molar-refractivity contribution in [3.05, 3.63) is 10.0 Å². The van der Waals surface area contributed by atoms with Gasteiger partial charge in [-0.25, -0.2) is 4.98 Å². The molecule has 1 aromatic rings. The molecule has 0 saturated carbocycles. The van der Waals surface area contributed by atoms with Gasteiger partial charge >= 0.3 is 0 Å². The molecule has 0 bridgehead atoms. The van der Waals surface area contributed by atoms with Gasteiger partial charge in [-0.2, -0.15) is 0 Å². The molecule has 1 saturated heterocycles. The van der Waals surface area contributed by atoms with Gasteiger partial charge in [0, 0.05) is 13.1 Å². The third kappa shape index (κ3) is 2.00. The highest BCUT2D eigenvalue weighted by Gasteiger charge is 2.16. The summed E-state index contributed by atoms with van der Waals surface area (Å²) in [7, 11) is 0. The molecule has 1 aliphatic rings. The van der Waals surface area contributed by atoms with Crippen LogP contribution < -0.4 is 4.90 Å². The van der Waals surface area contributed by atoms with Crippen LogP contribution in [0.1, 0.15) is 4.88 Å². The van der Waals surface area contributed by atoms with Gasteiger partial charge in [0.05, 0.1) is 24.7 Å². The second kappa shape index (κ2) is 4.44. The number of ether oxygens (including phenoxy) is 1. The van der Waals surface area contributed by atoms with E-state index >= 15 is 0 Å². The third-order valence-corrected chi connectivity index (χ3v) is 3.59. The van der Waals surface area contributed by atoms with E-state index in [-0.39, 0.29) is 6.61 Å². The monoisotopic (exact) mass is 234 g/mol. The van der Waals surface area contributed by atoms with Crippen LogP contribution in [-0.4, -0.2) is 36.4 Å². The summed E-state index contributed by atoms with van der Waals surface area (Å²) in [5.41, 5.74) is 0. The number of aromatic nitrogens is 1. The molecule has 78 valence electrons. The predicted octanol–water partition coefficient (Wildman–Crippen LogP) is 1.13. The van der Waals surface area contributed by atoms with E-state index in [0.717, 1.165) is 36.3 Å². The first-order chi connectivity index (χ1) is 6.81. The average molecular weight is 235 g/mol. The Labute approximate surface area is 91.1 Å². The van der Waals surface area contributed by atoms with Gasteiger partial charge in [-0.3, -0.25) is 0 Å². The van der Waals surface area contributed by atoms with Gasteiger partial charge in [0.25, 0.3) is 0 Å². The minimum atomic E-state index is -0.0408. The molecule has 0 spiro atoms. The molecule has 1 aromatic heterocycles. The van der Waals surface area contributed by atoms with E-state index in [1.165, 1.54) is 11.3 Å². The first-order valence-corrected chi connectivity index (χ1v) is 5.59. The van der Waals surface area contributed by atoms with Crippen molar-refractivity contribution in [2.45, 2.75) is 6.61 Å². The summed E-state index contributed by atoms with van der Waals surface area (Å²) >= 11 is 7.29. The number of hydrogen-bond acceptors (Lipinski definition) is 5. The molecule has 4 nitrogen and oxygen atoms in total. The summed E-state index contributed by atoms with van der Waals surface area (Å²) in [6, 6.07) is 0. The van der Waals surface area contributed by atoms with Gasteiger partial charge in [0.1, 0.15) is 5.15 Å². The molecule has 1 fully saturated rings. The van der Waals surface area contributed by atoms with Crippen LogP contribution in [0.4, 0.5) is 5.13 Å². The SMILES string of the molecule is OCc1sc(N2CCOCC2)nc1Cl. The van der Waals surface area contributed by atoms with E-state index in [1.54, 1.807) is 0 Å². The highest BCUT2D eigenvalue weighted by molar-refractivity contribution is 7.16. The van der Waals surface area contributed by atoms with Crippen molar-refractivity contribution in [2.24, 2.45) is 0 Å². The molecule has 0 amide bonds. The van der Waals surface area contributed by atoms with Crippen LogP contribution in [0.5, 0.6) is 0 Å². The number of hydrogen-bond donors (Lipinski definition) is 1. The van der Waals surface area contributed by atoms with Crippen LogP contribution in [-0.2, 0) is 11.3 Å². The summed E-state index contributed by atoms with van der Waals surface area (Å²) in [5.74, 6) is 0. The Morgan fingerprint density at radius 3 is 2.79 bits per heavy atom. The van der Waals surface area contributed by atoms with Crippen molar-refractivity contribution in [1.29, 1.82) is 0 Å². The quantitative estimate of drug-likeness (QED) is 0.833. The Morgan fingerprint density at radius 2 is 2.21 bits per heavy atom. The zero-order valence-electron chi connectivity index (χ0n) is 7.57. The van der Waals surface area contributed by atoms with Gasteiger partial charge in [-0.15, -0.1) is 0 Å². The van der Waals surface area contributed by atoms with Crippen molar-refractivity contribution in [2.75, 3.05) is 31.2 Å². The number of rotatable bonds is 2. The molecule has 6 heteroatoms. The number of nitrogens with zero attached hydrogens (tertiary/aromatic N) is 2. The fourth-order valence-electron chi connectivity index (χ4n) is 1.31. The van der Waals surface area contributed by atoms with Gasteiger partial charge in [0.15, 0.2) is 5.13 Å². The summed E-state index contributed by atoms with van der Waals surface area (Å²) in [6.45, 7) is 3.10. The molecule has 0 aromatic carbocycles. The van der Waals surface area contributed by atoms with Gasteiger partial charge in [-0.1, -0.05) is 22.9 Å². The lowest BCUT2D eigenvalue weighted by Gasteiger charge is -2.25. The van der Waals surface area contributed by atoms with E-state index in [0.29, 0.717) is 5.15 Å². The minimum Gasteiger partial charge on any atom is -0.391 e. The predicted molar refractivity (Wildman–Crippen MR) is 56.1 cm³/mol. The van der Waals surface area contributed by atoms with E-state index in [1.807, 2.05) is 0 Å². The highest BCUT2D eigenvalue weighted by Crippen LogP contribution is 2.29. The molecule has 14 heavy (non-hydrogen) atoms. The molecule has 2 heterocycles. The molecule has 0 unspecified atom stereocenters. The summed E-state index contributed by atoms with van der Waals surface area (Å²) in [6.07, 6.45) is 0. The van der Waals surface area contributed by atoms with Crippen molar-refractivity contribution in [3.8, 4) is 0 Å². The highest BCUT2D eigenvalue weighted by atomic mass is 35.5. The van der Waals surface area contributed by atoms with Crippen LogP contribution >= 0.6 is 22.9 Å². The molecule has 1 aliphatic heterocycles. The Balaban J connectivity index is 2.14. The molecule has 0 atom stereocenters. The molecular formula is C8H11ClN2O2S. The summed E-state index contributed by atoms with van der Waals surface area (Å²) in [5, 5.41) is 10.3. The third-order valence-electron chi connectivity index (χ3n) is 2.06. The van der Waals surface area contributed by atoms with Crippen LogP contribution in [0.15, 0.2) is 0 Å². The van der Waals surface area contributed by atoms with E-state index in [2.05, 4.69) is 9.88 Å². The zero-order valence-corrected chi connectivity index (χ0v) is 9.14. The number of thiazole rings is 1. The second-order valence-electron chi connectivity index (χ2n) is 2.97. The lowest BCUT2D eigenvalue weighted by molar-refractivity contribution is 0.122. The lowest BCUT2D eigenvalue weighted by Crippen LogP contribution is -2.36. The molecule has 0 aliphatic carbocycles. The maximum absolute atomic E-state index is 8.97. The van der Waals surface area contributed by atoms with Gasteiger partial charge < -0.3 is 14.7 Å². The van der Waals surface area contributed by atoms with Crippen molar-refractivity contribution in [3.63, 3.8) is 0 Å². The van der Waals surface area contributed by atoms with E-state index in [9.17, 15) is 0 Å². The van der Waals surface area contributed by atoms with Crippen molar-refractivity contribution in [1.82, 2.24) is 4.98 Å². The van der Waals surface area contributed by atoms with Gasteiger partial charge in [0.2, 0.25) is 0 Å². The molecule has 2 rings (SSSR count). The van der Waals surface area contributed by atoms with E-state index < -0.39 is 0 Å². The Kier molecular flexibility index (Phi) is 3.22. The number of morpholine rings is 1. The Hall–Kier alpha value is -0.360. The standard InChI is InChI=1S/C8H11ClN2O2S/c9-7-6(5-12)14-8(10-7)11-1-3-13-4-2-11/h12H,1-5H2. The first-order valence-electron chi connectivity index (χ1n) is 4.40. The number of anilines is 1. The van der Waals surface area contributed by atoms with Gasteiger partial charge in [-0.05, 0) is 0 Å². The summed E-state index contributed by atoms with van der Waals surface area (Å²) in [4.78, 5) is 7.05. The van der Waals surface area contributed by atoms with Crippen LogP contribution in [0.3, 0.4) is 0 Å². The average Bonchev–Trinajstić information content (AvgIpc) is 2.61. The number of halogens is 1. The molecule has 1 N–H and O–H groups in total. The van der Waals surface area contributed by atoms with Crippen molar-refractivity contribution < 1.29 is 9.84 Å². The summed E-state index contributed by atoms with van der Waals surface area (Å²) < 4.78 is 5.24. The van der Waals surface area contributed by atoms with E-state index in [4.69, 9.17) is 21.4 Å². The Bertz CT molecular complexity index is 312. The molecular weight excluding hydrogens is 224 g/mol. The van der Waals surface area contributed by atoms with Crippen LogP contribution in [0.25, 0.3) is 0 Å². The molecule has 0 radical (unpaired) electrons. The fourth-order valence-corrected chi connectivity index (χ4v) is 2.48.